The molecule has 1 fully saturated rings. The molecule has 3 aromatic rings. The van der Waals surface area contributed by atoms with E-state index in [4.69, 9.17) is 5.73 Å². The van der Waals surface area contributed by atoms with Gasteiger partial charge in [0.1, 0.15) is 17.3 Å². The van der Waals surface area contributed by atoms with Gasteiger partial charge in [-0.3, -0.25) is 4.79 Å². The molecule has 0 unspecified atom stereocenters. The van der Waals surface area contributed by atoms with E-state index in [1.54, 1.807) is 18.3 Å². The maximum Gasteiger partial charge on any atom is 0.215 e. The van der Waals surface area contributed by atoms with E-state index in [-0.39, 0.29) is 17.3 Å². The Morgan fingerprint density at radius 1 is 1.19 bits per heavy atom. The number of carbonyl (C=O) groups excluding carboxylic acids is 1. The highest BCUT2D eigenvalue weighted by Gasteiger charge is 2.18. The lowest BCUT2D eigenvalue weighted by Crippen LogP contribution is -2.29. The zero-order valence-electron chi connectivity index (χ0n) is 15.0. The van der Waals surface area contributed by atoms with Crippen LogP contribution in [-0.4, -0.2) is 46.9 Å². The Bertz CT molecular complexity index is 947. The van der Waals surface area contributed by atoms with Crippen LogP contribution in [0.5, 0.6) is 0 Å². The van der Waals surface area contributed by atoms with Crippen molar-refractivity contribution in [2.75, 3.05) is 36.8 Å². The van der Waals surface area contributed by atoms with Gasteiger partial charge in [-0.15, -0.1) is 0 Å². The van der Waals surface area contributed by atoms with Crippen molar-refractivity contribution in [2.45, 2.75) is 6.42 Å². The summed E-state index contributed by atoms with van der Waals surface area (Å²) in [7, 11) is 0. The third-order valence-electron chi connectivity index (χ3n) is 4.70. The first kappa shape index (κ1) is 17.2. The monoisotopic (exact) mass is 370 g/mol. The van der Waals surface area contributed by atoms with Crippen LogP contribution in [0.25, 0.3) is 11.3 Å². The van der Waals surface area contributed by atoms with E-state index in [9.17, 15) is 4.79 Å². The molecule has 0 aromatic carbocycles. The van der Waals surface area contributed by atoms with Crippen LogP contribution >= 0.6 is 0 Å². The summed E-state index contributed by atoms with van der Waals surface area (Å²) >= 11 is 0. The maximum atomic E-state index is 13.1. The van der Waals surface area contributed by atoms with Crippen LogP contribution in [0, 0.1) is 0 Å². The predicted molar refractivity (Wildman–Crippen MR) is 114 cm³/mol. The van der Waals surface area contributed by atoms with E-state index >= 15 is 0 Å². The number of nitrogens with one attached hydrogen (secondary N) is 2. The fourth-order valence-electron chi connectivity index (χ4n) is 3.25. The van der Waals surface area contributed by atoms with Gasteiger partial charge >= 0.3 is 0 Å². The molecule has 1 saturated heterocycles. The normalized spacial score (nSPS) is 14.7. The lowest BCUT2D eigenvalue weighted by atomic mass is 10.1. The van der Waals surface area contributed by atoms with Gasteiger partial charge in [0, 0.05) is 49.0 Å². The minimum atomic E-state index is -0.219. The molecule has 0 radical (unpaired) electrons. The molecule has 1 aliphatic heterocycles. The Labute approximate surface area is 163 Å². The molecule has 7 nitrogen and oxygen atoms in total. The van der Waals surface area contributed by atoms with Crippen molar-refractivity contribution in [1.82, 2.24) is 20.3 Å². The molecule has 27 heavy (non-hydrogen) atoms. The number of nitrogens with zero attached hydrogens (tertiary/aromatic N) is 3. The SMILES string of the molecule is Nc1ncc(-c2ccc[nH]2)cc1C(=O)c1cccc(N2CCCNCC2)n1.[HH].[HH].[HH].[HH]. The standard InChI is InChI=1S/C20H22N6O.4H2/c21-20-15(12-14(13-24-20)16-5-2-8-23-16)19(27)17-4-1-6-18(25-17)26-10-3-7-22-9-11-26;;;;/h1-2,4-6,8,12-13,22-23H,3,7,9-11H2,(H2,21,24);4*1H. The third kappa shape index (κ3) is 3.68. The van der Waals surface area contributed by atoms with Crippen LogP contribution in [0.3, 0.4) is 0 Å². The zero-order valence-corrected chi connectivity index (χ0v) is 15.0. The van der Waals surface area contributed by atoms with Gasteiger partial charge in [0.05, 0.1) is 5.56 Å². The number of ketones is 1. The quantitative estimate of drug-likeness (QED) is 0.610. The fraction of sp³-hybridized carbons (Fsp3) is 0.250. The number of aromatic amines is 1. The average molecular weight is 371 g/mol. The second-order valence-electron chi connectivity index (χ2n) is 6.54. The lowest BCUT2D eigenvalue weighted by Gasteiger charge is -2.21. The van der Waals surface area contributed by atoms with E-state index in [0.29, 0.717) is 11.3 Å². The van der Waals surface area contributed by atoms with Crippen molar-refractivity contribution in [3.63, 3.8) is 0 Å². The Morgan fingerprint density at radius 3 is 2.96 bits per heavy atom. The number of pyridine rings is 2. The molecule has 0 saturated carbocycles. The van der Waals surface area contributed by atoms with Crippen LogP contribution in [0.4, 0.5) is 11.6 Å². The molecule has 7 heteroatoms. The number of hydrogen-bond acceptors (Lipinski definition) is 6. The molecule has 1 aliphatic rings. The van der Waals surface area contributed by atoms with Crippen molar-refractivity contribution in [3.8, 4) is 11.3 Å². The second-order valence-corrected chi connectivity index (χ2v) is 6.54. The number of rotatable bonds is 4. The number of hydrogen-bond donors (Lipinski definition) is 3. The van der Waals surface area contributed by atoms with Gasteiger partial charge in [-0.05, 0) is 43.3 Å². The Balaban J connectivity index is 0.00000225. The number of anilines is 2. The Kier molecular flexibility index (Phi) is 4.84. The molecule has 4 heterocycles. The second kappa shape index (κ2) is 7.59. The van der Waals surface area contributed by atoms with Gasteiger partial charge in [0.25, 0.3) is 0 Å². The average Bonchev–Trinajstić information content (AvgIpc) is 3.10. The lowest BCUT2D eigenvalue weighted by molar-refractivity contribution is 0.103. The topological polar surface area (TPSA) is 99.9 Å². The van der Waals surface area contributed by atoms with Gasteiger partial charge in [-0.25, -0.2) is 9.97 Å². The smallest absolute Gasteiger partial charge is 0.215 e. The molecule has 4 rings (SSSR count). The highest BCUT2D eigenvalue weighted by Crippen LogP contribution is 2.23. The largest absolute Gasteiger partial charge is 0.383 e. The molecule has 0 bridgehead atoms. The molecule has 0 aliphatic carbocycles. The molecule has 0 amide bonds. The molecular formula is C20H30N6O. The van der Waals surface area contributed by atoms with E-state index in [2.05, 4.69) is 25.2 Å². The van der Waals surface area contributed by atoms with E-state index in [1.807, 2.05) is 30.5 Å². The first-order valence-corrected chi connectivity index (χ1v) is 9.09. The van der Waals surface area contributed by atoms with Crippen molar-refractivity contribution in [3.05, 3.63) is 60.0 Å². The highest BCUT2D eigenvalue weighted by molar-refractivity contribution is 6.11. The maximum absolute atomic E-state index is 13.1. The molecule has 146 valence electrons. The number of H-pyrrole nitrogens is 1. The Hall–Kier alpha value is -3.19. The number of nitrogen functional groups attached to an aromatic ring is 1. The van der Waals surface area contributed by atoms with Gasteiger partial charge in [-0.2, -0.15) is 0 Å². The van der Waals surface area contributed by atoms with Crippen LogP contribution in [0.15, 0.2) is 48.8 Å². The summed E-state index contributed by atoms with van der Waals surface area (Å²) in [5.41, 5.74) is 8.43. The molecular weight excluding hydrogens is 340 g/mol. The predicted octanol–water partition coefficient (Wildman–Crippen LogP) is 3.07. The summed E-state index contributed by atoms with van der Waals surface area (Å²) < 4.78 is 0. The summed E-state index contributed by atoms with van der Waals surface area (Å²) in [5, 5.41) is 3.37. The summed E-state index contributed by atoms with van der Waals surface area (Å²) in [4.78, 5) is 27.2. The van der Waals surface area contributed by atoms with Crippen LogP contribution < -0.4 is 16.0 Å². The molecule has 3 aromatic heterocycles. The number of carbonyl (C=O) groups is 1. The van der Waals surface area contributed by atoms with Crippen LogP contribution in [-0.2, 0) is 0 Å². The summed E-state index contributed by atoms with van der Waals surface area (Å²) in [6.45, 7) is 3.71. The summed E-state index contributed by atoms with van der Waals surface area (Å²) in [6, 6.07) is 11.1. The van der Waals surface area contributed by atoms with Crippen molar-refractivity contribution >= 4 is 17.4 Å². The van der Waals surface area contributed by atoms with Crippen molar-refractivity contribution < 1.29 is 10.5 Å². The first-order chi connectivity index (χ1) is 13.2. The number of aromatic nitrogens is 3. The molecule has 0 spiro atoms. The van der Waals surface area contributed by atoms with Gasteiger partial charge in [0.2, 0.25) is 5.78 Å². The van der Waals surface area contributed by atoms with Gasteiger partial charge in [0.15, 0.2) is 0 Å². The van der Waals surface area contributed by atoms with Crippen LogP contribution in [0.1, 0.15) is 28.2 Å². The van der Waals surface area contributed by atoms with Crippen molar-refractivity contribution in [1.29, 1.82) is 0 Å². The molecule has 4 N–H and O–H groups in total. The minimum Gasteiger partial charge on any atom is -0.383 e. The van der Waals surface area contributed by atoms with E-state index in [1.165, 1.54) is 0 Å². The Morgan fingerprint density at radius 2 is 2.11 bits per heavy atom. The minimum absolute atomic E-state index is 0. The highest BCUT2D eigenvalue weighted by atomic mass is 16.1. The fourth-order valence-corrected chi connectivity index (χ4v) is 3.25. The van der Waals surface area contributed by atoms with Crippen LogP contribution in [0.2, 0.25) is 0 Å². The summed E-state index contributed by atoms with van der Waals surface area (Å²) in [6.07, 6.45) is 4.54. The van der Waals surface area contributed by atoms with Crippen molar-refractivity contribution in [2.24, 2.45) is 0 Å². The number of nitrogens with two attached hydrogens (primary N) is 1. The first-order valence-electron chi connectivity index (χ1n) is 9.09. The molecule has 0 atom stereocenters. The zero-order chi connectivity index (χ0) is 18.6. The van der Waals surface area contributed by atoms with E-state index in [0.717, 1.165) is 49.7 Å². The third-order valence-corrected chi connectivity index (χ3v) is 4.70. The summed E-state index contributed by atoms with van der Waals surface area (Å²) in [5.74, 6) is 0.807. The van der Waals surface area contributed by atoms with Gasteiger partial charge < -0.3 is 20.9 Å². The van der Waals surface area contributed by atoms with E-state index < -0.39 is 0 Å². The van der Waals surface area contributed by atoms with Gasteiger partial charge in [-0.1, -0.05) is 6.07 Å².